The Labute approximate surface area is 141 Å². The highest BCUT2D eigenvalue weighted by atomic mass is 19.1. The molecule has 4 aliphatic rings. The number of benzene rings is 1. The molecule has 1 aliphatic heterocycles. The second-order valence-corrected chi connectivity index (χ2v) is 7.55. The number of nitrogens with zero attached hydrogens (tertiary/aromatic N) is 1. The van der Waals surface area contributed by atoms with Crippen LogP contribution >= 0.6 is 0 Å². The van der Waals surface area contributed by atoms with Crippen LogP contribution in [0.15, 0.2) is 18.2 Å². The van der Waals surface area contributed by atoms with Gasteiger partial charge in [0, 0.05) is 19.0 Å². The molecule has 3 saturated carbocycles. The fraction of sp³-hybridized carbons (Fsp3) is 0.579. The molecule has 1 unspecified atom stereocenters. The van der Waals surface area contributed by atoms with Crippen molar-refractivity contribution in [3.63, 3.8) is 0 Å². The first-order valence-electron chi connectivity index (χ1n) is 8.70. The van der Waals surface area contributed by atoms with Crippen LogP contribution in [-0.4, -0.2) is 37.0 Å². The molecule has 1 atom stereocenters. The summed E-state index contributed by atoms with van der Waals surface area (Å²) in [5.41, 5.74) is 0.407. The van der Waals surface area contributed by atoms with Crippen LogP contribution < -0.4 is 0 Å². The first kappa shape index (κ1) is 15.6. The molecule has 3 aliphatic carbocycles. The highest BCUT2D eigenvalue weighted by molar-refractivity contribution is 5.90. The summed E-state index contributed by atoms with van der Waals surface area (Å²) in [6.07, 6.45) is 4.83. The van der Waals surface area contributed by atoms with Gasteiger partial charge in [0.15, 0.2) is 0 Å². The summed E-state index contributed by atoms with van der Waals surface area (Å²) in [6.45, 7) is 1.31. The Morgan fingerprint density at radius 1 is 1.29 bits per heavy atom. The summed E-state index contributed by atoms with van der Waals surface area (Å²) >= 11 is 0. The predicted octanol–water partition coefficient (Wildman–Crippen LogP) is 3.12. The predicted molar refractivity (Wildman–Crippen MR) is 86.1 cm³/mol. The molecule has 4 fully saturated rings. The van der Waals surface area contributed by atoms with E-state index < -0.39 is 11.8 Å². The Bertz CT molecular complexity index is 685. The molecule has 24 heavy (non-hydrogen) atoms. The molecule has 128 valence electrons. The van der Waals surface area contributed by atoms with E-state index >= 15 is 0 Å². The average molecular weight is 331 g/mol. The highest BCUT2D eigenvalue weighted by Gasteiger charge is 2.62. The quantitative estimate of drug-likeness (QED) is 0.800. The number of likely N-dealkylation sites (tertiary alicyclic amines) is 1. The van der Waals surface area contributed by atoms with Crippen molar-refractivity contribution in [3.05, 3.63) is 35.1 Å². The molecule has 1 heterocycles. The number of esters is 1. The van der Waals surface area contributed by atoms with Crippen molar-refractivity contribution >= 4 is 11.9 Å². The minimum Gasteiger partial charge on any atom is -0.465 e. The monoisotopic (exact) mass is 331 g/mol. The number of amides is 1. The normalized spacial score (nSPS) is 31.0. The number of hydrogen-bond acceptors (Lipinski definition) is 3. The van der Waals surface area contributed by atoms with Gasteiger partial charge in [0.05, 0.1) is 18.1 Å². The van der Waals surface area contributed by atoms with E-state index in [1.165, 1.54) is 13.2 Å². The van der Waals surface area contributed by atoms with Crippen molar-refractivity contribution in [2.24, 2.45) is 11.3 Å². The van der Waals surface area contributed by atoms with Gasteiger partial charge in [-0.1, -0.05) is 12.1 Å². The number of halogens is 1. The van der Waals surface area contributed by atoms with Crippen LogP contribution in [0.2, 0.25) is 0 Å². The molecule has 2 bridgehead atoms. The molecule has 1 aromatic rings. The lowest BCUT2D eigenvalue weighted by atomic mass is 9.44. The van der Waals surface area contributed by atoms with Crippen LogP contribution in [0.1, 0.15) is 53.9 Å². The zero-order valence-corrected chi connectivity index (χ0v) is 13.9. The average Bonchev–Trinajstić information content (AvgIpc) is 2.51. The van der Waals surface area contributed by atoms with E-state index in [0.717, 1.165) is 44.6 Å². The van der Waals surface area contributed by atoms with Gasteiger partial charge in [-0.25, -0.2) is 9.18 Å². The standard InChI is InChI=1S/C19H22FNO3/c1-24-17(22)15-6-2-5-14(16(15)20)13-4-3-7-21(11-13)18(23)19-8-12(9-19)10-19/h2,5-6,12-13H,3-4,7-11H2,1H3. The van der Waals surface area contributed by atoms with Crippen LogP contribution in [0.4, 0.5) is 4.39 Å². The van der Waals surface area contributed by atoms with Crippen LogP contribution in [0.25, 0.3) is 0 Å². The van der Waals surface area contributed by atoms with Crippen molar-refractivity contribution < 1.29 is 18.7 Å². The third-order valence-corrected chi connectivity index (χ3v) is 6.07. The summed E-state index contributed by atoms with van der Waals surface area (Å²) in [6, 6.07) is 4.85. The molecule has 0 N–H and O–H groups in total. The fourth-order valence-corrected chi connectivity index (χ4v) is 4.62. The second-order valence-electron chi connectivity index (χ2n) is 7.55. The maximum Gasteiger partial charge on any atom is 0.340 e. The van der Waals surface area contributed by atoms with Gasteiger partial charge in [-0.05, 0) is 49.7 Å². The summed E-state index contributed by atoms with van der Waals surface area (Å²) < 4.78 is 19.4. The van der Waals surface area contributed by atoms with Gasteiger partial charge in [-0.2, -0.15) is 0 Å². The SMILES string of the molecule is COC(=O)c1cccc(C2CCCN(C(=O)C34CC(C3)C4)C2)c1F. The minimum absolute atomic E-state index is 0.0297. The van der Waals surface area contributed by atoms with Gasteiger partial charge in [0.25, 0.3) is 0 Å². The van der Waals surface area contributed by atoms with Crippen molar-refractivity contribution in [2.75, 3.05) is 20.2 Å². The summed E-state index contributed by atoms with van der Waals surface area (Å²) in [7, 11) is 1.25. The Kier molecular flexibility index (Phi) is 3.62. The van der Waals surface area contributed by atoms with Gasteiger partial charge in [0.1, 0.15) is 5.82 Å². The number of hydrogen-bond donors (Lipinski definition) is 0. The van der Waals surface area contributed by atoms with Crippen molar-refractivity contribution in [1.82, 2.24) is 4.90 Å². The Morgan fingerprint density at radius 3 is 2.67 bits per heavy atom. The third kappa shape index (κ3) is 2.25. The number of carbonyl (C=O) groups is 2. The van der Waals surface area contributed by atoms with Gasteiger partial charge in [0.2, 0.25) is 5.91 Å². The van der Waals surface area contributed by atoms with Crippen LogP contribution in [0, 0.1) is 17.2 Å². The Balaban J connectivity index is 1.54. The van der Waals surface area contributed by atoms with E-state index in [1.54, 1.807) is 12.1 Å². The first-order chi connectivity index (χ1) is 11.5. The molecule has 1 amide bonds. The van der Waals surface area contributed by atoms with E-state index in [1.807, 2.05) is 4.90 Å². The number of rotatable bonds is 3. The molecular weight excluding hydrogens is 309 g/mol. The topological polar surface area (TPSA) is 46.6 Å². The fourth-order valence-electron chi connectivity index (χ4n) is 4.62. The molecule has 0 aromatic heterocycles. The minimum atomic E-state index is -0.660. The van der Waals surface area contributed by atoms with Crippen molar-refractivity contribution in [2.45, 2.75) is 38.0 Å². The van der Waals surface area contributed by atoms with E-state index in [-0.39, 0.29) is 22.8 Å². The van der Waals surface area contributed by atoms with E-state index in [2.05, 4.69) is 4.74 Å². The van der Waals surface area contributed by atoms with Gasteiger partial charge in [-0.3, -0.25) is 4.79 Å². The van der Waals surface area contributed by atoms with Gasteiger partial charge >= 0.3 is 5.97 Å². The Hall–Kier alpha value is -1.91. The Morgan fingerprint density at radius 2 is 2.04 bits per heavy atom. The molecular formula is C19H22FNO3. The summed E-state index contributed by atoms with van der Waals surface area (Å²) in [4.78, 5) is 26.4. The lowest BCUT2D eigenvalue weighted by Gasteiger charge is -2.61. The lowest BCUT2D eigenvalue weighted by molar-refractivity contribution is -0.178. The number of methoxy groups -OCH3 is 1. The number of carbonyl (C=O) groups excluding carboxylic acids is 2. The van der Waals surface area contributed by atoms with Gasteiger partial charge < -0.3 is 9.64 Å². The first-order valence-corrected chi connectivity index (χ1v) is 8.70. The molecule has 1 aromatic carbocycles. The van der Waals surface area contributed by atoms with Gasteiger partial charge in [-0.15, -0.1) is 0 Å². The zero-order chi connectivity index (χ0) is 16.9. The van der Waals surface area contributed by atoms with Crippen LogP contribution in [-0.2, 0) is 9.53 Å². The molecule has 5 rings (SSSR count). The maximum atomic E-state index is 14.7. The van der Waals surface area contributed by atoms with Crippen molar-refractivity contribution in [3.8, 4) is 0 Å². The largest absolute Gasteiger partial charge is 0.465 e. The number of ether oxygens (including phenoxy) is 1. The van der Waals surface area contributed by atoms with Crippen LogP contribution in [0.5, 0.6) is 0 Å². The van der Waals surface area contributed by atoms with Crippen molar-refractivity contribution in [1.29, 1.82) is 0 Å². The van der Waals surface area contributed by atoms with E-state index in [0.29, 0.717) is 12.1 Å². The van der Waals surface area contributed by atoms with Crippen LogP contribution in [0.3, 0.4) is 0 Å². The second kappa shape index (κ2) is 5.57. The maximum absolute atomic E-state index is 14.7. The number of piperidine rings is 1. The smallest absolute Gasteiger partial charge is 0.340 e. The molecule has 0 spiro atoms. The molecule has 1 saturated heterocycles. The molecule has 0 radical (unpaired) electrons. The zero-order valence-electron chi connectivity index (χ0n) is 13.9. The summed E-state index contributed by atoms with van der Waals surface area (Å²) in [5.74, 6) is -0.191. The summed E-state index contributed by atoms with van der Waals surface area (Å²) in [5, 5.41) is 0. The highest BCUT2D eigenvalue weighted by Crippen LogP contribution is 2.65. The van der Waals surface area contributed by atoms with E-state index in [9.17, 15) is 14.0 Å². The lowest BCUT2D eigenvalue weighted by Crippen LogP contribution is -2.62. The molecule has 4 nitrogen and oxygen atoms in total. The van der Waals surface area contributed by atoms with E-state index in [4.69, 9.17) is 0 Å². The molecule has 5 heteroatoms. The third-order valence-electron chi connectivity index (χ3n) is 6.07.